The second kappa shape index (κ2) is 5.59. The molecule has 5 nitrogen and oxygen atoms in total. The molecule has 0 radical (unpaired) electrons. The number of thiazole rings is 1. The molecule has 2 heterocycles. The third kappa shape index (κ3) is 3.02. The molecular formula is C16H21BN2O3S. The molecule has 0 amide bonds. The molecule has 2 aromatic rings. The van der Waals surface area contributed by atoms with Crippen molar-refractivity contribution in [2.24, 2.45) is 0 Å². The number of rotatable bonds is 3. The molecule has 1 aromatic heterocycles. The van der Waals surface area contributed by atoms with Gasteiger partial charge in [0.25, 0.3) is 0 Å². The Bertz CT molecular complexity index is 754. The maximum Gasteiger partial charge on any atom is 0.492 e. The maximum atomic E-state index is 9.74. The minimum atomic E-state index is -0.554. The Balaban J connectivity index is 1.92. The first-order chi connectivity index (χ1) is 10.7. The average molecular weight is 332 g/mol. The minimum absolute atomic E-state index is 0.131. The summed E-state index contributed by atoms with van der Waals surface area (Å²) in [5.41, 5.74) is 7.35. The average Bonchev–Trinajstić information content (AvgIpc) is 2.91. The summed E-state index contributed by atoms with van der Waals surface area (Å²) in [5, 5.41) is 10.3. The van der Waals surface area contributed by atoms with E-state index in [1.54, 1.807) is 0 Å². The van der Waals surface area contributed by atoms with E-state index in [0.29, 0.717) is 10.6 Å². The van der Waals surface area contributed by atoms with Crippen LogP contribution in [0.25, 0.3) is 16.3 Å². The van der Waals surface area contributed by atoms with Gasteiger partial charge in [0.15, 0.2) is 5.13 Å². The van der Waals surface area contributed by atoms with Gasteiger partial charge in [-0.25, -0.2) is 4.98 Å². The van der Waals surface area contributed by atoms with E-state index in [2.05, 4.69) is 4.98 Å². The smallest absolute Gasteiger partial charge is 0.400 e. The highest BCUT2D eigenvalue weighted by molar-refractivity contribution is 7.22. The monoisotopic (exact) mass is 332 g/mol. The van der Waals surface area contributed by atoms with Gasteiger partial charge >= 0.3 is 7.12 Å². The van der Waals surface area contributed by atoms with Crippen molar-refractivity contribution in [3.63, 3.8) is 0 Å². The fourth-order valence-electron chi connectivity index (χ4n) is 2.45. The number of fused-ring (bicyclic) bond motifs is 1. The Morgan fingerprint density at radius 2 is 1.96 bits per heavy atom. The normalized spacial score (nSPS) is 20.4. The Kier molecular flexibility index (Phi) is 4.00. The van der Waals surface area contributed by atoms with Crippen LogP contribution in [-0.4, -0.2) is 35.0 Å². The zero-order valence-corrected chi connectivity index (χ0v) is 14.6. The molecule has 23 heavy (non-hydrogen) atoms. The molecule has 0 spiro atoms. The lowest BCUT2D eigenvalue weighted by molar-refractivity contribution is 0.00578. The number of aromatic nitrogens is 1. The van der Waals surface area contributed by atoms with Crippen LogP contribution in [0.1, 0.15) is 33.3 Å². The first kappa shape index (κ1) is 16.5. The van der Waals surface area contributed by atoms with E-state index in [1.165, 1.54) is 11.3 Å². The number of aliphatic hydroxyl groups is 1. The van der Waals surface area contributed by atoms with Crippen molar-refractivity contribution in [2.45, 2.75) is 38.9 Å². The van der Waals surface area contributed by atoms with E-state index in [0.717, 1.165) is 15.8 Å². The van der Waals surface area contributed by atoms with E-state index in [1.807, 2.05) is 52.0 Å². The second-order valence-corrected chi connectivity index (χ2v) is 7.81. The molecular weight excluding hydrogens is 311 g/mol. The largest absolute Gasteiger partial charge is 0.492 e. The number of anilines is 1. The lowest BCUT2D eigenvalue weighted by Crippen LogP contribution is -2.41. The lowest BCUT2D eigenvalue weighted by atomic mass is 9.77. The molecule has 1 saturated heterocycles. The highest BCUT2D eigenvalue weighted by Crippen LogP contribution is 2.38. The van der Waals surface area contributed by atoms with Gasteiger partial charge in [-0.1, -0.05) is 23.5 Å². The maximum absolute atomic E-state index is 9.74. The third-order valence-corrected chi connectivity index (χ3v) is 5.38. The number of hydrogen-bond acceptors (Lipinski definition) is 6. The van der Waals surface area contributed by atoms with E-state index in [4.69, 9.17) is 15.0 Å². The van der Waals surface area contributed by atoms with Gasteiger partial charge in [-0.15, -0.1) is 0 Å². The van der Waals surface area contributed by atoms with Gasteiger partial charge in [0.2, 0.25) is 0 Å². The van der Waals surface area contributed by atoms with Crippen LogP contribution < -0.4 is 5.73 Å². The van der Waals surface area contributed by atoms with E-state index < -0.39 is 18.3 Å². The van der Waals surface area contributed by atoms with Crippen molar-refractivity contribution >= 4 is 39.9 Å². The van der Waals surface area contributed by atoms with Crippen molar-refractivity contribution in [1.29, 1.82) is 0 Å². The molecule has 122 valence electrons. The van der Waals surface area contributed by atoms with E-state index in [9.17, 15) is 5.11 Å². The summed E-state index contributed by atoms with van der Waals surface area (Å²) in [4.78, 5) is 4.29. The zero-order valence-electron chi connectivity index (χ0n) is 13.8. The van der Waals surface area contributed by atoms with Crippen molar-refractivity contribution in [2.75, 3.05) is 12.3 Å². The van der Waals surface area contributed by atoms with Crippen LogP contribution in [0.5, 0.6) is 0 Å². The van der Waals surface area contributed by atoms with Crippen molar-refractivity contribution in [1.82, 2.24) is 4.98 Å². The summed E-state index contributed by atoms with van der Waals surface area (Å²) >= 11 is 1.46. The van der Waals surface area contributed by atoms with Crippen LogP contribution in [0.2, 0.25) is 0 Å². The second-order valence-electron chi connectivity index (χ2n) is 6.74. The number of nitrogens with zero attached hydrogens (tertiary/aromatic N) is 1. The summed E-state index contributed by atoms with van der Waals surface area (Å²) in [5.74, 6) is 0. The van der Waals surface area contributed by atoms with Gasteiger partial charge in [-0.05, 0) is 50.9 Å². The van der Waals surface area contributed by atoms with Gasteiger partial charge in [0.1, 0.15) is 0 Å². The molecule has 0 unspecified atom stereocenters. The van der Waals surface area contributed by atoms with Crippen LogP contribution in [-0.2, 0) is 9.31 Å². The van der Waals surface area contributed by atoms with Crippen LogP contribution in [0.4, 0.5) is 5.13 Å². The van der Waals surface area contributed by atoms with Crippen LogP contribution in [0.3, 0.4) is 0 Å². The number of aliphatic hydroxyl groups excluding tert-OH is 1. The van der Waals surface area contributed by atoms with Crippen LogP contribution in [0.15, 0.2) is 23.7 Å². The summed E-state index contributed by atoms with van der Waals surface area (Å²) in [6.07, 6.45) is 1.89. The molecule has 3 N–H and O–H groups in total. The predicted octanol–water partition coefficient (Wildman–Crippen LogP) is 2.89. The highest BCUT2D eigenvalue weighted by atomic mass is 32.1. The van der Waals surface area contributed by atoms with Gasteiger partial charge in [0, 0.05) is 0 Å². The van der Waals surface area contributed by atoms with Gasteiger partial charge in [0.05, 0.1) is 28.0 Å². The summed E-state index contributed by atoms with van der Waals surface area (Å²) in [7, 11) is -0.554. The molecule has 1 fully saturated rings. The first-order valence-corrected chi connectivity index (χ1v) is 8.36. The Labute approximate surface area is 140 Å². The summed E-state index contributed by atoms with van der Waals surface area (Å²) in [6.45, 7) is 7.84. The van der Waals surface area contributed by atoms with Crippen molar-refractivity contribution in [3.8, 4) is 0 Å². The fraction of sp³-hybridized carbons (Fsp3) is 0.438. The number of nitrogens with two attached hydrogens (primary N) is 1. The molecule has 0 bridgehead atoms. The van der Waals surface area contributed by atoms with E-state index >= 15 is 0 Å². The summed E-state index contributed by atoms with van der Waals surface area (Å²) < 4.78 is 13.0. The van der Waals surface area contributed by atoms with Gasteiger partial charge in [-0.2, -0.15) is 0 Å². The molecule has 7 heteroatoms. The third-order valence-electron chi connectivity index (χ3n) is 4.52. The quantitative estimate of drug-likeness (QED) is 0.845. The SMILES string of the molecule is CC1(C)OB(C(=Cc2ccc3sc(N)nc3c2)CO)OC1(C)C. The fourth-order valence-corrected chi connectivity index (χ4v) is 3.16. The highest BCUT2D eigenvalue weighted by Gasteiger charge is 2.52. The van der Waals surface area contributed by atoms with Gasteiger partial charge < -0.3 is 20.1 Å². The minimum Gasteiger partial charge on any atom is -0.400 e. The number of nitrogen functional groups attached to an aromatic ring is 1. The molecule has 0 atom stereocenters. The standard InChI is InChI=1S/C16H21BN2O3S/c1-15(2)16(3,4)22-17(21-15)11(9-20)7-10-5-6-13-12(8-10)19-14(18)23-13/h5-8,20H,9H2,1-4H3,(H2,18,19). The lowest BCUT2D eigenvalue weighted by Gasteiger charge is -2.32. The molecule has 3 rings (SSSR count). The Morgan fingerprint density at radius 1 is 1.30 bits per heavy atom. The number of benzene rings is 1. The van der Waals surface area contributed by atoms with Crippen molar-refractivity contribution < 1.29 is 14.4 Å². The van der Waals surface area contributed by atoms with Crippen molar-refractivity contribution in [3.05, 3.63) is 29.2 Å². The molecule has 1 aromatic carbocycles. The topological polar surface area (TPSA) is 77.6 Å². The summed E-state index contributed by atoms with van der Waals surface area (Å²) in [6, 6.07) is 5.90. The van der Waals surface area contributed by atoms with E-state index in [-0.39, 0.29) is 6.61 Å². The molecule has 0 saturated carbocycles. The van der Waals surface area contributed by atoms with Crippen LogP contribution >= 0.6 is 11.3 Å². The van der Waals surface area contributed by atoms with Crippen LogP contribution in [0, 0.1) is 0 Å². The van der Waals surface area contributed by atoms with Gasteiger partial charge in [-0.3, -0.25) is 0 Å². The Hall–Kier alpha value is -1.41. The molecule has 0 aliphatic carbocycles. The molecule has 1 aliphatic heterocycles. The zero-order chi connectivity index (χ0) is 16.8. The first-order valence-electron chi connectivity index (χ1n) is 7.55. The molecule has 1 aliphatic rings. The predicted molar refractivity (Wildman–Crippen MR) is 95.2 cm³/mol. The Morgan fingerprint density at radius 3 is 2.57 bits per heavy atom. The number of hydrogen-bond donors (Lipinski definition) is 2.